The molecule has 3 fully saturated rings. The molecule has 0 aromatic heterocycles. The fourth-order valence-electron chi connectivity index (χ4n) is 7.41. The van der Waals surface area contributed by atoms with Crippen molar-refractivity contribution in [3.8, 4) is 0 Å². The standard InChI is InChI=1S/C26H33ClO2/c1-25-11-9-20(28)15-18(25)5-8-21-22(25)10-12-26(2)23(21)14-17(24(26)29)13-16-3-6-19(27)7-4-16/h3-7,13,20-24,28-29H,8-12,14-15H2,1-2H3/b17-13+/t20?,21?,22?,23?,24?,25-,26-/m0/s1. The first kappa shape index (κ1) is 19.8. The van der Waals surface area contributed by atoms with Crippen LogP contribution in [0.5, 0.6) is 0 Å². The molecule has 0 saturated heterocycles. The molecule has 4 aliphatic rings. The SMILES string of the molecule is C[C@]12CCC3C(CC=C4CC(O)CC[C@@]43C)C1C/C(=C\c1ccc(Cl)cc1)C2O. The van der Waals surface area contributed by atoms with E-state index in [4.69, 9.17) is 11.6 Å². The van der Waals surface area contributed by atoms with Gasteiger partial charge in [0.1, 0.15) is 0 Å². The fourth-order valence-corrected chi connectivity index (χ4v) is 7.54. The molecule has 0 aliphatic heterocycles. The van der Waals surface area contributed by atoms with Crippen LogP contribution in [0.1, 0.15) is 64.4 Å². The molecular formula is C26H33ClO2. The lowest BCUT2D eigenvalue weighted by molar-refractivity contribution is -0.0685. The first-order valence-electron chi connectivity index (χ1n) is 11.3. The minimum Gasteiger partial charge on any atom is -0.393 e. The zero-order valence-corrected chi connectivity index (χ0v) is 18.3. The lowest BCUT2D eigenvalue weighted by atomic mass is 9.48. The summed E-state index contributed by atoms with van der Waals surface area (Å²) in [4.78, 5) is 0. The van der Waals surface area contributed by atoms with Crippen LogP contribution in [0, 0.1) is 28.6 Å². The summed E-state index contributed by atoms with van der Waals surface area (Å²) in [5.41, 5.74) is 4.06. The average Bonchev–Trinajstić information content (AvgIpc) is 2.95. The van der Waals surface area contributed by atoms with Crippen LogP contribution in [0.4, 0.5) is 0 Å². The fraction of sp³-hybridized carbons (Fsp3) is 0.615. The Labute approximate surface area is 179 Å². The third-order valence-corrected chi connectivity index (χ3v) is 9.42. The minimum atomic E-state index is -0.351. The normalized spacial score (nSPS) is 45.3. The highest BCUT2D eigenvalue weighted by Crippen LogP contribution is 2.65. The molecule has 0 amide bonds. The molecule has 5 rings (SSSR count). The maximum absolute atomic E-state index is 11.3. The van der Waals surface area contributed by atoms with Crippen molar-refractivity contribution in [3.05, 3.63) is 52.1 Å². The van der Waals surface area contributed by atoms with Gasteiger partial charge in [-0.05, 0) is 91.4 Å². The molecule has 3 saturated carbocycles. The molecule has 1 aromatic carbocycles. The van der Waals surface area contributed by atoms with Crippen LogP contribution in [0.3, 0.4) is 0 Å². The van der Waals surface area contributed by atoms with Crippen molar-refractivity contribution in [3.63, 3.8) is 0 Å². The van der Waals surface area contributed by atoms with E-state index in [1.54, 1.807) is 0 Å². The summed E-state index contributed by atoms with van der Waals surface area (Å²) in [6, 6.07) is 7.93. The maximum atomic E-state index is 11.3. The van der Waals surface area contributed by atoms with Gasteiger partial charge in [0.25, 0.3) is 0 Å². The number of fused-ring (bicyclic) bond motifs is 5. The lowest BCUT2D eigenvalue weighted by Gasteiger charge is -2.57. The van der Waals surface area contributed by atoms with Gasteiger partial charge in [-0.25, -0.2) is 0 Å². The van der Waals surface area contributed by atoms with Gasteiger partial charge in [-0.3, -0.25) is 0 Å². The van der Waals surface area contributed by atoms with Crippen LogP contribution in [0.2, 0.25) is 5.02 Å². The number of hydrogen-bond acceptors (Lipinski definition) is 2. The topological polar surface area (TPSA) is 40.5 Å². The molecular weight excluding hydrogens is 380 g/mol. The zero-order valence-electron chi connectivity index (χ0n) is 17.6. The summed E-state index contributed by atoms with van der Waals surface area (Å²) in [7, 11) is 0. The summed E-state index contributed by atoms with van der Waals surface area (Å²) >= 11 is 6.04. The van der Waals surface area contributed by atoms with Crippen molar-refractivity contribution in [2.24, 2.45) is 28.6 Å². The van der Waals surface area contributed by atoms with Gasteiger partial charge in [-0.1, -0.05) is 55.3 Å². The van der Waals surface area contributed by atoms with Gasteiger partial charge in [-0.15, -0.1) is 0 Å². The predicted octanol–water partition coefficient (Wildman–Crippen LogP) is 6.02. The molecule has 4 aliphatic carbocycles. The Morgan fingerprint density at radius 2 is 1.76 bits per heavy atom. The van der Waals surface area contributed by atoms with E-state index >= 15 is 0 Å². The molecule has 0 heterocycles. The van der Waals surface area contributed by atoms with Crippen molar-refractivity contribution in [1.82, 2.24) is 0 Å². The summed E-state index contributed by atoms with van der Waals surface area (Å²) in [5.74, 6) is 1.87. The van der Waals surface area contributed by atoms with Crippen LogP contribution in [0.25, 0.3) is 6.08 Å². The molecule has 0 radical (unpaired) electrons. The van der Waals surface area contributed by atoms with Gasteiger partial charge in [-0.2, -0.15) is 0 Å². The Hall–Kier alpha value is -1.09. The van der Waals surface area contributed by atoms with E-state index < -0.39 is 0 Å². The lowest BCUT2D eigenvalue weighted by Crippen LogP contribution is -2.51. The van der Waals surface area contributed by atoms with E-state index in [9.17, 15) is 10.2 Å². The van der Waals surface area contributed by atoms with Crippen LogP contribution >= 0.6 is 11.6 Å². The van der Waals surface area contributed by atoms with Gasteiger partial charge < -0.3 is 10.2 Å². The van der Waals surface area contributed by atoms with Crippen LogP contribution in [-0.4, -0.2) is 22.4 Å². The van der Waals surface area contributed by atoms with Gasteiger partial charge in [0.2, 0.25) is 0 Å². The number of aliphatic hydroxyl groups excluding tert-OH is 2. The molecule has 2 nitrogen and oxygen atoms in total. The van der Waals surface area contributed by atoms with Gasteiger partial charge >= 0.3 is 0 Å². The highest BCUT2D eigenvalue weighted by molar-refractivity contribution is 6.30. The Kier molecular flexibility index (Phi) is 4.77. The summed E-state index contributed by atoms with van der Waals surface area (Å²) in [6.07, 6.45) is 11.5. The molecule has 1 aromatic rings. The van der Waals surface area contributed by atoms with Crippen LogP contribution < -0.4 is 0 Å². The smallest absolute Gasteiger partial charge is 0.0809 e. The molecule has 2 N–H and O–H groups in total. The predicted molar refractivity (Wildman–Crippen MR) is 119 cm³/mol. The van der Waals surface area contributed by atoms with E-state index in [1.165, 1.54) is 17.6 Å². The quantitative estimate of drug-likeness (QED) is 0.554. The number of aliphatic hydroxyl groups is 2. The summed E-state index contributed by atoms with van der Waals surface area (Å²) in [6.45, 7) is 4.79. The van der Waals surface area contributed by atoms with E-state index in [2.05, 4.69) is 26.0 Å². The Morgan fingerprint density at radius 3 is 2.52 bits per heavy atom. The summed E-state index contributed by atoms with van der Waals surface area (Å²) in [5, 5.41) is 22.3. The molecule has 0 spiro atoms. The monoisotopic (exact) mass is 412 g/mol. The first-order valence-corrected chi connectivity index (χ1v) is 11.7. The number of benzene rings is 1. The minimum absolute atomic E-state index is 0.0185. The number of halogens is 1. The van der Waals surface area contributed by atoms with Gasteiger partial charge in [0, 0.05) is 10.4 Å². The van der Waals surface area contributed by atoms with Crippen LogP contribution in [0.15, 0.2) is 41.5 Å². The van der Waals surface area contributed by atoms with E-state index in [1.807, 2.05) is 24.3 Å². The highest BCUT2D eigenvalue weighted by Gasteiger charge is 2.59. The Balaban J connectivity index is 1.46. The van der Waals surface area contributed by atoms with E-state index in [0.717, 1.165) is 49.1 Å². The molecule has 0 bridgehead atoms. The van der Waals surface area contributed by atoms with Crippen molar-refractivity contribution >= 4 is 17.7 Å². The van der Waals surface area contributed by atoms with Crippen molar-refractivity contribution in [1.29, 1.82) is 0 Å². The third-order valence-electron chi connectivity index (χ3n) is 9.17. The van der Waals surface area contributed by atoms with Crippen molar-refractivity contribution in [2.75, 3.05) is 0 Å². The maximum Gasteiger partial charge on any atom is 0.0809 e. The molecule has 7 atom stereocenters. The average molecular weight is 413 g/mol. The molecule has 29 heavy (non-hydrogen) atoms. The van der Waals surface area contributed by atoms with Crippen molar-refractivity contribution in [2.45, 2.75) is 71.0 Å². The molecule has 3 heteroatoms. The molecule has 5 unspecified atom stereocenters. The van der Waals surface area contributed by atoms with Crippen LogP contribution in [-0.2, 0) is 0 Å². The van der Waals surface area contributed by atoms with Gasteiger partial charge in [0.05, 0.1) is 12.2 Å². The second kappa shape index (κ2) is 6.97. The number of hydrogen-bond donors (Lipinski definition) is 2. The number of rotatable bonds is 1. The largest absolute Gasteiger partial charge is 0.393 e. The van der Waals surface area contributed by atoms with E-state index in [-0.39, 0.29) is 23.0 Å². The number of allylic oxidation sites excluding steroid dienone is 1. The summed E-state index contributed by atoms with van der Waals surface area (Å²) < 4.78 is 0. The van der Waals surface area contributed by atoms with E-state index in [0.29, 0.717) is 17.8 Å². The zero-order chi connectivity index (χ0) is 20.4. The second-order valence-corrected chi connectivity index (χ2v) is 11.0. The first-order chi connectivity index (χ1) is 13.8. The highest BCUT2D eigenvalue weighted by atomic mass is 35.5. The Morgan fingerprint density at radius 1 is 1.00 bits per heavy atom. The van der Waals surface area contributed by atoms with Crippen molar-refractivity contribution < 1.29 is 10.2 Å². The second-order valence-electron chi connectivity index (χ2n) is 10.6. The van der Waals surface area contributed by atoms with Gasteiger partial charge in [0.15, 0.2) is 0 Å². The molecule has 156 valence electrons. The Bertz CT molecular complexity index is 856. The third kappa shape index (κ3) is 3.06.